The number of hydrogen-bond donors (Lipinski definition) is 1. The molecule has 0 fully saturated rings. The fourth-order valence-electron chi connectivity index (χ4n) is 4.12. The number of carbonyl (C=O) groups excluding carboxylic acids is 1. The van der Waals surface area contributed by atoms with E-state index in [1.165, 1.54) is 27.7 Å². The number of rotatable bonds is 6. The van der Waals surface area contributed by atoms with E-state index >= 15 is 0 Å². The Morgan fingerprint density at radius 2 is 1.89 bits per heavy atom. The van der Waals surface area contributed by atoms with Crippen LogP contribution in [0.2, 0.25) is 0 Å². The van der Waals surface area contributed by atoms with Gasteiger partial charge >= 0.3 is 0 Å². The molecule has 0 unspecified atom stereocenters. The molecule has 3 aromatic heterocycles. The van der Waals surface area contributed by atoms with Gasteiger partial charge < -0.3 is 5.32 Å². The highest BCUT2D eigenvalue weighted by Crippen LogP contribution is 2.31. The number of nitrogens with one attached hydrogen (secondary N) is 1. The van der Waals surface area contributed by atoms with Crippen LogP contribution in [0.15, 0.2) is 78.3 Å². The van der Waals surface area contributed by atoms with Crippen molar-refractivity contribution in [3.05, 3.63) is 95.4 Å². The molecule has 8 heteroatoms. The van der Waals surface area contributed by atoms with E-state index in [1.54, 1.807) is 29.5 Å². The first-order valence-corrected chi connectivity index (χ1v) is 13.2. The van der Waals surface area contributed by atoms with E-state index in [0.717, 1.165) is 32.4 Å². The third kappa shape index (κ3) is 4.41. The standard InChI is InChI=1S/C28H21FN4OS2/c1-17-6-12-23-25(14-17)36-27(31-23)18-7-9-19(10-8-18)30-26(34)13-11-20-16-35-28-32-24(15-33(20)28)21-4-2-3-5-22(21)29/h2-10,12,14-16H,11,13H2,1H3,(H,30,34). The summed E-state index contributed by atoms with van der Waals surface area (Å²) >= 11 is 3.15. The summed E-state index contributed by atoms with van der Waals surface area (Å²) in [6.07, 6.45) is 2.72. The average Bonchev–Trinajstić information content (AvgIpc) is 3.58. The molecular formula is C28H21FN4OS2. The van der Waals surface area contributed by atoms with Gasteiger partial charge in [0.15, 0.2) is 4.96 Å². The number of hydrogen-bond acceptors (Lipinski definition) is 5. The van der Waals surface area contributed by atoms with Gasteiger partial charge in [-0.3, -0.25) is 9.20 Å². The predicted octanol–water partition coefficient (Wildman–Crippen LogP) is 7.36. The van der Waals surface area contributed by atoms with E-state index < -0.39 is 0 Å². The van der Waals surface area contributed by atoms with Gasteiger partial charge in [-0.15, -0.1) is 22.7 Å². The van der Waals surface area contributed by atoms with Crippen molar-refractivity contribution in [3.8, 4) is 21.8 Å². The summed E-state index contributed by atoms with van der Waals surface area (Å²) < 4.78 is 17.3. The molecular weight excluding hydrogens is 491 g/mol. The number of amides is 1. The van der Waals surface area contributed by atoms with Crippen LogP contribution >= 0.6 is 22.7 Å². The third-order valence-electron chi connectivity index (χ3n) is 6.00. The first-order chi connectivity index (χ1) is 17.5. The van der Waals surface area contributed by atoms with Crippen molar-refractivity contribution in [2.45, 2.75) is 19.8 Å². The van der Waals surface area contributed by atoms with Crippen molar-refractivity contribution >= 4 is 49.4 Å². The fourth-order valence-corrected chi connectivity index (χ4v) is 6.10. The molecule has 0 bridgehead atoms. The quantitative estimate of drug-likeness (QED) is 0.254. The van der Waals surface area contributed by atoms with Gasteiger partial charge in [-0.05, 0) is 67.4 Å². The Labute approximate surface area is 214 Å². The highest BCUT2D eigenvalue weighted by molar-refractivity contribution is 7.21. The van der Waals surface area contributed by atoms with Crippen LogP contribution in [0.25, 0.3) is 37.0 Å². The zero-order valence-corrected chi connectivity index (χ0v) is 21.0. The Morgan fingerprint density at radius 3 is 2.72 bits per heavy atom. The molecule has 0 aliphatic heterocycles. The molecule has 0 aliphatic carbocycles. The van der Waals surface area contributed by atoms with Gasteiger partial charge in [-0.25, -0.2) is 14.4 Å². The summed E-state index contributed by atoms with van der Waals surface area (Å²) in [5, 5.41) is 5.93. The van der Waals surface area contributed by atoms with Crippen molar-refractivity contribution < 1.29 is 9.18 Å². The molecule has 0 atom stereocenters. The van der Waals surface area contributed by atoms with Gasteiger partial charge in [0.25, 0.3) is 0 Å². The molecule has 6 aromatic rings. The number of carbonyl (C=O) groups is 1. The molecule has 1 amide bonds. The number of fused-ring (bicyclic) bond motifs is 2. The fraction of sp³-hybridized carbons (Fsp3) is 0.107. The molecule has 0 saturated carbocycles. The molecule has 0 spiro atoms. The number of aromatic nitrogens is 3. The van der Waals surface area contributed by atoms with Crippen LogP contribution in [0.3, 0.4) is 0 Å². The molecule has 3 heterocycles. The molecule has 0 radical (unpaired) electrons. The minimum atomic E-state index is -0.298. The summed E-state index contributed by atoms with van der Waals surface area (Å²) in [5.74, 6) is -0.361. The molecule has 0 aliphatic rings. The number of halogens is 1. The number of nitrogens with zero attached hydrogens (tertiary/aromatic N) is 3. The lowest BCUT2D eigenvalue weighted by molar-refractivity contribution is -0.116. The van der Waals surface area contributed by atoms with E-state index in [4.69, 9.17) is 4.98 Å². The topological polar surface area (TPSA) is 59.3 Å². The summed E-state index contributed by atoms with van der Waals surface area (Å²) in [6, 6.07) is 20.7. The van der Waals surface area contributed by atoms with Crippen LogP contribution in [-0.2, 0) is 11.2 Å². The smallest absolute Gasteiger partial charge is 0.224 e. The summed E-state index contributed by atoms with van der Waals surface area (Å²) in [4.78, 5) is 22.7. The molecule has 36 heavy (non-hydrogen) atoms. The first-order valence-electron chi connectivity index (χ1n) is 11.5. The Kier molecular flexibility index (Phi) is 5.83. The molecule has 0 saturated heterocycles. The van der Waals surface area contributed by atoms with Gasteiger partial charge in [-0.1, -0.05) is 18.2 Å². The molecule has 6 rings (SSSR count). The zero-order chi connectivity index (χ0) is 24.6. The monoisotopic (exact) mass is 512 g/mol. The largest absolute Gasteiger partial charge is 0.326 e. The lowest BCUT2D eigenvalue weighted by Crippen LogP contribution is -2.12. The Morgan fingerprint density at radius 1 is 1.06 bits per heavy atom. The number of anilines is 1. The highest BCUT2D eigenvalue weighted by atomic mass is 32.1. The maximum atomic E-state index is 14.2. The van der Waals surface area contributed by atoms with Gasteiger partial charge in [-0.2, -0.15) is 0 Å². The second-order valence-corrected chi connectivity index (χ2v) is 10.5. The molecule has 178 valence electrons. The highest BCUT2D eigenvalue weighted by Gasteiger charge is 2.14. The van der Waals surface area contributed by atoms with Crippen LogP contribution in [0.5, 0.6) is 0 Å². The zero-order valence-electron chi connectivity index (χ0n) is 19.4. The maximum Gasteiger partial charge on any atom is 0.224 e. The van der Waals surface area contributed by atoms with E-state index in [-0.39, 0.29) is 11.7 Å². The van der Waals surface area contributed by atoms with Crippen LogP contribution < -0.4 is 5.32 Å². The summed E-state index contributed by atoms with van der Waals surface area (Å²) in [7, 11) is 0. The van der Waals surface area contributed by atoms with Crippen molar-refractivity contribution in [3.63, 3.8) is 0 Å². The minimum Gasteiger partial charge on any atom is -0.326 e. The number of benzene rings is 3. The van der Waals surface area contributed by atoms with Crippen LogP contribution in [-0.4, -0.2) is 20.3 Å². The van der Waals surface area contributed by atoms with Crippen molar-refractivity contribution in [1.82, 2.24) is 14.4 Å². The van der Waals surface area contributed by atoms with Gasteiger partial charge in [0, 0.05) is 40.5 Å². The Bertz CT molecular complexity index is 1720. The van der Waals surface area contributed by atoms with Gasteiger partial charge in [0.2, 0.25) is 5.91 Å². The normalized spacial score (nSPS) is 11.4. The number of aryl methyl sites for hydroxylation is 2. The second-order valence-electron chi connectivity index (χ2n) is 8.60. The number of thiazole rings is 2. The Balaban J connectivity index is 1.11. The maximum absolute atomic E-state index is 14.2. The minimum absolute atomic E-state index is 0.0630. The van der Waals surface area contributed by atoms with Crippen LogP contribution in [0, 0.1) is 12.7 Å². The average molecular weight is 513 g/mol. The first kappa shape index (κ1) is 22.6. The molecule has 5 nitrogen and oxygen atoms in total. The summed E-state index contributed by atoms with van der Waals surface area (Å²) in [5.41, 5.74) is 6.04. The molecule has 3 aromatic carbocycles. The third-order valence-corrected chi connectivity index (χ3v) is 7.96. The van der Waals surface area contributed by atoms with Crippen LogP contribution in [0.4, 0.5) is 10.1 Å². The second kappa shape index (κ2) is 9.29. The van der Waals surface area contributed by atoms with Crippen molar-refractivity contribution in [2.75, 3.05) is 5.32 Å². The Hall–Kier alpha value is -3.88. The van der Waals surface area contributed by atoms with E-state index in [0.29, 0.717) is 24.1 Å². The van der Waals surface area contributed by atoms with Crippen molar-refractivity contribution in [1.29, 1.82) is 0 Å². The SMILES string of the molecule is Cc1ccc2nc(-c3ccc(NC(=O)CCc4csc5nc(-c6ccccc6F)cn45)cc3)sc2c1. The lowest BCUT2D eigenvalue weighted by atomic mass is 10.1. The van der Waals surface area contributed by atoms with Gasteiger partial charge in [0.05, 0.1) is 15.9 Å². The summed E-state index contributed by atoms with van der Waals surface area (Å²) in [6.45, 7) is 2.08. The number of imidazole rings is 1. The predicted molar refractivity (Wildman–Crippen MR) is 145 cm³/mol. The van der Waals surface area contributed by atoms with Crippen LogP contribution in [0.1, 0.15) is 17.7 Å². The van der Waals surface area contributed by atoms with E-state index in [1.807, 2.05) is 46.3 Å². The van der Waals surface area contributed by atoms with Gasteiger partial charge in [0.1, 0.15) is 10.8 Å². The van der Waals surface area contributed by atoms with E-state index in [9.17, 15) is 9.18 Å². The van der Waals surface area contributed by atoms with E-state index in [2.05, 4.69) is 29.4 Å². The lowest BCUT2D eigenvalue weighted by Gasteiger charge is -2.06. The molecule has 1 N–H and O–H groups in total. The van der Waals surface area contributed by atoms with Crippen molar-refractivity contribution in [2.24, 2.45) is 0 Å².